The number of thiophene rings is 1. The van der Waals surface area contributed by atoms with Gasteiger partial charge in [0, 0.05) is 29.6 Å². The van der Waals surface area contributed by atoms with Gasteiger partial charge in [-0.05, 0) is 53.9 Å². The fourth-order valence-corrected chi connectivity index (χ4v) is 4.47. The van der Waals surface area contributed by atoms with Crippen molar-refractivity contribution in [1.82, 2.24) is 4.72 Å². The summed E-state index contributed by atoms with van der Waals surface area (Å²) in [5.41, 5.74) is 1.14. The second kappa shape index (κ2) is 9.73. The molecule has 3 N–H and O–H groups in total. The van der Waals surface area contributed by atoms with Crippen molar-refractivity contribution in [3.05, 3.63) is 70.4 Å². The molecular weight excluding hydrogens is 438 g/mol. The van der Waals surface area contributed by atoms with E-state index in [1.54, 1.807) is 18.2 Å². The van der Waals surface area contributed by atoms with Gasteiger partial charge in [0.15, 0.2) is 0 Å². The predicted octanol–water partition coefficient (Wildman–Crippen LogP) is 3.45. The van der Waals surface area contributed by atoms with Crippen LogP contribution in [0.1, 0.15) is 22.2 Å². The van der Waals surface area contributed by atoms with Gasteiger partial charge >= 0.3 is 0 Å². The Morgan fingerprint density at radius 2 is 1.77 bits per heavy atom. The Bertz CT molecular complexity index is 1170. The van der Waals surface area contributed by atoms with Crippen LogP contribution >= 0.6 is 11.3 Å². The average Bonchev–Trinajstić information content (AvgIpc) is 3.26. The SMILES string of the molecule is COc1ccc(NC(C)=O)cc1NC(=O)c1ccc(S(=O)(=O)NCc2cccs2)cc1. The van der Waals surface area contributed by atoms with E-state index in [0.29, 0.717) is 17.1 Å². The zero-order valence-electron chi connectivity index (χ0n) is 16.8. The lowest BCUT2D eigenvalue weighted by Crippen LogP contribution is -2.23. The van der Waals surface area contributed by atoms with Crippen LogP contribution in [-0.2, 0) is 21.4 Å². The third kappa shape index (κ3) is 5.91. The average molecular weight is 460 g/mol. The summed E-state index contributed by atoms with van der Waals surface area (Å²) >= 11 is 1.46. The highest BCUT2D eigenvalue weighted by atomic mass is 32.2. The number of carbonyl (C=O) groups excluding carboxylic acids is 2. The van der Waals surface area contributed by atoms with Gasteiger partial charge in [0.25, 0.3) is 5.91 Å². The Labute approximate surface area is 184 Å². The predicted molar refractivity (Wildman–Crippen MR) is 120 cm³/mol. The maximum Gasteiger partial charge on any atom is 0.255 e. The van der Waals surface area contributed by atoms with E-state index in [2.05, 4.69) is 15.4 Å². The van der Waals surface area contributed by atoms with E-state index in [-0.39, 0.29) is 22.9 Å². The Kier molecular flexibility index (Phi) is 7.06. The minimum absolute atomic E-state index is 0.0610. The molecule has 2 aromatic carbocycles. The standard InChI is InChI=1S/C21H21N3O5S2/c1-14(25)23-16-7-10-20(29-2)19(12-16)24-21(26)15-5-8-18(9-6-15)31(27,28)22-13-17-4-3-11-30-17/h3-12,22H,13H2,1-2H3,(H,23,25)(H,24,26). The number of nitrogens with one attached hydrogen (secondary N) is 3. The number of carbonyl (C=O) groups is 2. The van der Waals surface area contributed by atoms with Gasteiger partial charge in [0.2, 0.25) is 15.9 Å². The van der Waals surface area contributed by atoms with Crippen LogP contribution in [0.4, 0.5) is 11.4 Å². The summed E-state index contributed by atoms with van der Waals surface area (Å²) in [5, 5.41) is 7.22. The molecule has 10 heteroatoms. The maximum atomic E-state index is 12.6. The Morgan fingerprint density at radius 3 is 2.39 bits per heavy atom. The summed E-state index contributed by atoms with van der Waals surface area (Å²) in [7, 11) is -2.24. The number of methoxy groups -OCH3 is 1. The summed E-state index contributed by atoms with van der Waals surface area (Å²) in [5.74, 6) is -0.278. The van der Waals surface area contributed by atoms with Gasteiger partial charge < -0.3 is 15.4 Å². The van der Waals surface area contributed by atoms with E-state index in [1.807, 2.05) is 17.5 Å². The molecule has 0 fully saturated rings. The van der Waals surface area contributed by atoms with Crippen molar-refractivity contribution in [2.24, 2.45) is 0 Å². The minimum Gasteiger partial charge on any atom is -0.495 e. The molecule has 0 aliphatic rings. The van der Waals surface area contributed by atoms with Gasteiger partial charge in [0.05, 0.1) is 17.7 Å². The highest BCUT2D eigenvalue weighted by Gasteiger charge is 2.16. The molecule has 3 rings (SSSR count). The van der Waals surface area contributed by atoms with Crippen LogP contribution in [0.3, 0.4) is 0 Å². The third-order valence-corrected chi connectivity index (χ3v) is 6.50. The largest absolute Gasteiger partial charge is 0.495 e. The summed E-state index contributed by atoms with van der Waals surface area (Å²) in [4.78, 5) is 24.9. The molecule has 2 amide bonds. The first-order valence-electron chi connectivity index (χ1n) is 9.17. The van der Waals surface area contributed by atoms with E-state index in [0.717, 1.165) is 4.88 Å². The smallest absolute Gasteiger partial charge is 0.255 e. The lowest BCUT2D eigenvalue weighted by atomic mass is 10.2. The van der Waals surface area contributed by atoms with Crippen molar-refractivity contribution in [2.75, 3.05) is 17.7 Å². The number of anilines is 2. The lowest BCUT2D eigenvalue weighted by Gasteiger charge is -2.13. The van der Waals surface area contributed by atoms with E-state index in [1.165, 1.54) is 49.6 Å². The van der Waals surface area contributed by atoms with E-state index in [9.17, 15) is 18.0 Å². The first-order chi connectivity index (χ1) is 14.8. The molecule has 0 aliphatic carbocycles. The minimum atomic E-state index is -3.70. The topological polar surface area (TPSA) is 114 Å². The molecule has 1 heterocycles. The number of rotatable bonds is 8. The van der Waals surface area contributed by atoms with Gasteiger partial charge in [-0.15, -0.1) is 11.3 Å². The van der Waals surface area contributed by atoms with Crippen molar-refractivity contribution in [3.63, 3.8) is 0 Å². The zero-order valence-corrected chi connectivity index (χ0v) is 18.5. The Morgan fingerprint density at radius 1 is 1.03 bits per heavy atom. The summed E-state index contributed by atoms with van der Waals surface area (Å²) in [6, 6.07) is 14.1. The summed E-state index contributed by atoms with van der Waals surface area (Å²) in [6.07, 6.45) is 0. The number of hydrogen-bond acceptors (Lipinski definition) is 6. The fourth-order valence-electron chi connectivity index (χ4n) is 2.73. The molecule has 0 saturated carbocycles. The molecule has 0 aliphatic heterocycles. The van der Waals surface area contributed by atoms with Crippen molar-refractivity contribution in [3.8, 4) is 5.75 Å². The fraction of sp³-hybridized carbons (Fsp3) is 0.143. The van der Waals surface area contributed by atoms with Crippen LogP contribution in [-0.4, -0.2) is 27.3 Å². The van der Waals surface area contributed by atoms with Crippen LogP contribution in [0, 0.1) is 0 Å². The Balaban J connectivity index is 1.72. The number of amides is 2. The second-order valence-electron chi connectivity index (χ2n) is 6.48. The maximum absolute atomic E-state index is 12.6. The number of sulfonamides is 1. The molecule has 0 spiro atoms. The molecule has 0 atom stereocenters. The van der Waals surface area contributed by atoms with Gasteiger partial charge in [0.1, 0.15) is 5.75 Å². The first kappa shape index (κ1) is 22.5. The van der Waals surface area contributed by atoms with Gasteiger partial charge in [-0.25, -0.2) is 13.1 Å². The molecule has 1 aromatic heterocycles. The molecule has 0 bridgehead atoms. The van der Waals surface area contributed by atoms with Gasteiger partial charge in [-0.2, -0.15) is 0 Å². The third-order valence-electron chi connectivity index (χ3n) is 4.21. The molecule has 0 unspecified atom stereocenters. The molecule has 162 valence electrons. The van der Waals surface area contributed by atoms with Gasteiger partial charge in [-0.1, -0.05) is 6.07 Å². The molecule has 31 heavy (non-hydrogen) atoms. The quantitative estimate of drug-likeness (QED) is 0.478. The van der Waals surface area contributed by atoms with Crippen LogP contribution in [0.5, 0.6) is 5.75 Å². The molecule has 3 aromatic rings. The number of ether oxygens (including phenoxy) is 1. The first-order valence-corrected chi connectivity index (χ1v) is 11.5. The van der Waals surface area contributed by atoms with Crippen molar-refractivity contribution >= 4 is 44.5 Å². The number of hydrogen-bond donors (Lipinski definition) is 3. The molecular formula is C21H21N3O5S2. The highest BCUT2D eigenvalue weighted by Crippen LogP contribution is 2.28. The highest BCUT2D eigenvalue weighted by molar-refractivity contribution is 7.89. The second-order valence-corrected chi connectivity index (χ2v) is 9.28. The Hall–Kier alpha value is -3.21. The van der Waals surface area contributed by atoms with Crippen molar-refractivity contribution in [2.45, 2.75) is 18.4 Å². The van der Waals surface area contributed by atoms with E-state index >= 15 is 0 Å². The van der Waals surface area contributed by atoms with Crippen LogP contribution < -0.4 is 20.1 Å². The summed E-state index contributed by atoms with van der Waals surface area (Å²) < 4.78 is 32.7. The van der Waals surface area contributed by atoms with E-state index in [4.69, 9.17) is 4.74 Å². The van der Waals surface area contributed by atoms with E-state index < -0.39 is 15.9 Å². The van der Waals surface area contributed by atoms with Gasteiger partial charge in [-0.3, -0.25) is 9.59 Å². The molecule has 0 radical (unpaired) electrons. The summed E-state index contributed by atoms with van der Waals surface area (Å²) in [6.45, 7) is 1.58. The monoisotopic (exact) mass is 459 g/mol. The zero-order chi connectivity index (χ0) is 22.4. The normalized spacial score (nSPS) is 11.0. The van der Waals surface area contributed by atoms with Crippen LogP contribution in [0.2, 0.25) is 0 Å². The molecule has 8 nitrogen and oxygen atoms in total. The number of benzene rings is 2. The van der Waals surface area contributed by atoms with Crippen molar-refractivity contribution < 1.29 is 22.7 Å². The van der Waals surface area contributed by atoms with Crippen LogP contribution in [0.15, 0.2) is 64.9 Å². The molecule has 0 saturated heterocycles. The van der Waals surface area contributed by atoms with Crippen molar-refractivity contribution in [1.29, 1.82) is 0 Å². The lowest BCUT2D eigenvalue weighted by molar-refractivity contribution is -0.114. The van der Waals surface area contributed by atoms with Crippen LogP contribution in [0.25, 0.3) is 0 Å².